The Morgan fingerprint density at radius 1 is 1.75 bits per heavy atom. The van der Waals surface area contributed by atoms with Gasteiger partial charge in [0.15, 0.2) is 6.29 Å². The smallest absolute Gasteiger partial charge is 0.154 e. The van der Waals surface area contributed by atoms with Crippen LogP contribution in [0.3, 0.4) is 0 Å². The first-order valence-corrected chi connectivity index (χ1v) is 3.16. The summed E-state index contributed by atoms with van der Waals surface area (Å²) in [6.07, 6.45) is 2.84. The highest BCUT2D eigenvalue weighted by Gasteiger charge is 2.24. The van der Waals surface area contributed by atoms with E-state index in [1.165, 1.54) is 0 Å². The minimum absolute atomic E-state index is 0.380. The van der Waals surface area contributed by atoms with Crippen LogP contribution in [-0.2, 0) is 4.74 Å². The first-order chi connectivity index (χ1) is 3.83. The summed E-state index contributed by atoms with van der Waals surface area (Å²) in [7, 11) is 0. The summed E-state index contributed by atoms with van der Waals surface area (Å²) in [4.78, 5) is 0. The molecule has 1 rings (SSSR count). The number of aliphatic hydroxyl groups excluding tert-OH is 1. The van der Waals surface area contributed by atoms with E-state index < -0.39 is 6.29 Å². The summed E-state index contributed by atoms with van der Waals surface area (Å²) < 4.78 is 5.07. The van der Waals surface area contributed by atoms with Gasteiger partial charge in [-0.05, 0) is 19.3 Å². The van der Waals surface area contributed by atoms with E-state index in [-0.39, 0.29) is 0 Å². The highest BCUT2D eigenvalue weighted by Crippen LogP contribution is 2.24. The van der Waals surface area contributed by atoms with Crippen LogP contribution in [0.1, 0.15) is 26.2 Å². The Morgan fingerprint density at radius 2 is 2.38 bits per heavy atom. The summed E-state index contributed by atoms with van der Waals surface area (Å²) in [5.74, 6) is 0. The summed E-state index contributed by atoms with van der Waals surface area (Å²) in [5.41, 5.74) is 0. The third-order valence-corrected chi connectivity index (χ3v) is 1.22. The normalized spacial score (nSPS) is 23.2. The van der Waals surface area contributed by atoms with Crippen molar-refractivity contribution in [2.75, 3.05) is 0 Å². The average molecular weight is 116 g/mol. The molecule has 0 bridgehead atoms. The van der Waals surface area contributed by atoms with Crippen LogP contribution in [0.15, 0.2) is 0 Å². The highest BCUT2D eigenvalue weighted by molar-refractivity contribution is 4.73. The molecule has 1 aliphatic rings. The maximum absolute atomic E-state index is 8.85. The minimum Gasteiger partial charge on any atom is -0.368 e. The van der Waals surface area contributed by atoms with E-state index in [4.69, 9.17) is 9.84 Å². The van der Waals surface area contributed by atoms with Crippen LogP contribution in [0.2, 0.25) is 0 Å². The number of aliphatic hydroxyl groups is 1. The fourth-order valence-corrected chi connectivity index (χ4v) is 0.522. The highest BCUT2D eigenvalue weighted by atomic mass is 16.6. The lowest BCUT2D eigenvalue weighted by Crippen LogP contribution is -2.10. The zero-order valence-corrected chi connectivity index (χ0v) is 5.13. The molecule has 0 unspecified atom stereocenters. The molecule has 0 aliphatic heterocycles. The molecule has 1 saturated carbocycles. The number of ether oxygens (including phenoxy) is 1. The van der Waals surface area contributed by atoms with Gasteiger partial charge in [-0.2, -0.15) is 0 Å². The molecule has 0 radical (unpaired) electrons. The molecule has 0 amide bonds. The molecular weight excluding hydrogens is 104 g/mol. The number of rotatable bonds is 3. The second-order valence-electron chi connectivity index (χ2n) is 2.20. The van der Waals surface area contributed by atoms with Crippen molar-refractivity contribution >= 4 is 0 Å². The standard InChI is InChI=1S/C6H12O2/c1-2-6(7)8-5-3-4-5/h5-7H,2-4H2,1H3/t6-/m0/s1. The molecule has 0 saturated heterocycles. The monoisotopic (exact) mass is 116 g/mol. The molecule has 1 aliphatic carbocycles. The van der Waals surface area contributed by atoms with Crippen molar-refractivity contribution in [3.8, 4) is 0 Å². The molecule has 1 fully saturated rings. The van der Waals surface area contributed by atoms with Crippen molar-refractivity contribution < 1.29 is 9.84 Å². The lowest BCUT2D eigenvalue weighted by molar-refractivity contribution is -0.108. The number of hydrogen-bond acceptors (Lipinski definition) is 2. The third kappa shape index (κ3) is 1.80. The van der Waals surface area contributed by atoms with Crippen LogP contribution in [0, 0.1) is 0 Å². The second kappa shape index (κ2) is 2.46. The van der Waals surface area contributed by atoms with Gasteiger partial charge in [-0.1, -0.05) is 6.92 Å². The van der Waals surface area contributed by atoms with Crippen molar-refractivity contribution in [1.82, 2.24) is 0 Å². The van der Waals surface area contributed by atoms with E-state index in [0.717, 1.165) is 12.8 Å². The van der Waals surface area contributed by atoms with Gasteiger partial charge in [0.25, 0.3) is 0 Å². The summed E-state index contributed by atoms with van der Waals surface area (Å²) in [6, 6.07) is 0. The van der Waals surface area contributed by atoms with Gasteiger partial charge in [-0.25, -0.2) is 0 Å². The van der Waals surface area contributed by atoms with E-state index in [2.05, 4.69) is 0 Å². The van der Waals surface area contributed by atoms with Gasteiger partial charge in [0.2, 0.25) is 0 Å². The van der Waals surface area contributed by atoms with Crippen LogP contribution in [0.4, 0.5) is 0 Å². The Labute approximate surface area is 49.5 Å². The third-order valence-electron chi connectivity index (χ3n) is 1.22. The van der Waals surface area contributed by atoms with E-state index in [0.29, 0.717) is 12.5 Å². The SMILES string of the molecule is CC[C@@H](O)OC1CC1. The first kappa shape index (κ1) is 6.05. The minimum atomic E-state index is -0.512. The molecule has 48 valence electrons. The molecule has 0 aromatic heterocycles. The van der Waals surface area contributed by atoms with Gasteiger partial charge < -0.3 is 9.84 Å². The quantitative estimate of drug-likeness (QED) is 0.555. The average Bonchev–Trinajstić information content (AvgIpc) is 2.50. The van der Waals surface area contributed by atoms with E-state index in [9.17, 15) is 0 Å². The van der Waals surface area contributed by atoms with Gasteiger partial charge >= 0.3 is 0 Å². The zero-order valence-electron chi connectivity index (χ0n) is 5.13. The summed E-state index contributed by atoms with van der Waals surface area (Å²) >= 11 is 0. The summed E-state index contributed by atoms with van der Waals surface area (Å²) in [6.45, 7) is 1.91. The van der Waals surface area contributed by atoms with Gasteiger partial charge in [0.05, 0.1) is 6.10 Å². The molecule has 8 heavy (non-hydrogen) atoms. The second-order valence-corrected chi connectivity index (χ2v) is 2.20. The Kier molecular flexibility index (Phi) is 1.86. The largest absolute Gasteiger partial charge is 0.368 e. The van der Waals surface area contributed by atoms with E-state index >= 15 is 0 Å². The van der Waals surface area contributed by atoms with E-state index in [1.807, 2.05) is 6.92 Å². The lowest BCUT2D eigenvalue weighted by atomic mass is 10.5. The lowest BCUT2D eigenvalue weighted by Gasteiger charge is -2.06. The van der Waals surface area contributed by atoms with Crippen molar-refractivity contribution in [1.29, 1.82) is 0 Å². The van der Waals surface area contributed by atoms with E-state index in [1.54, 1.807) is 0 Å². The number of hydrogen-bond donors (Lipinski definition) is 1. The molecule has 0 aromatic carbocycles. The first-order valence-electron chi connectivity index (χ1n) is 3.16. The van der Waals surface area contributed by atoms with Crippen molar-refractivity contribution in [3.05, 3.63) is 0 Å². The molecule has 0 heterocycles. The molecular formula is C6H12O2. The van der Waals surface area contributed by atoms with Crippen LogP contribution in [0.5, 0.6) is 0 Å². The maximum atomic E-state index is 8.85. The Bertz CT molecular complexity index is 68.9. The predicted molar refractivity (Wildman–Crippen MR) is 30.4 cm³/mol. The maximum Gasteiger partial charge on any atom is 0.154 e. The van der Waals surface area contributed by atoms with Crippen LogP contribution < -0.4 is 0 Å². The Hall–Kier alpha value is -0.0800. The topological polar surface area (TPSA) is 29.5 Å². The van der Waals surface area contributed by atoms with Crippen LogP contribution in [-0.4, -0.2) is 17.5 Å². The van der Waals surface area contributed by atoms with Gasteiger partial charge in [-0.15, -0.1) is 0 Å². The summed E-state index contributed by atoms with van der Waals surface area (Å²) in [5, 5.41) is 8.85. The molecule has 1 atom stereocenters. The molecule has 2 nitrogen and oxygen atoms in total. The molecule has 0 spiro atoms. The molecule has 1 N–H and O–H groups in total. The fraction of sp³-hybridized carbons (Fsp3) is 1.00. The van der Waals surface area contributed by atoms with Gasteiger partial charge in [0.1, 0.15) is 0 Å². The Balaban J connectivity index is 1.98. The zero-order chi connectivity index (χ0) is 5.98. The Morgan fingerprint density at radius 3 is 2.75 bits per heavy atom. The fourth-order valence-electron chi connectivity index (χ4n) is 0.522. The van der Waals surface area contributed by atoms with Gasteiger partial charge in [0, 0.05) is 0 Å². The molecule has 0 aromatic rings. The molecule has 2 heteroatoms. The van der Waals surface area contributed by atoms with Crippen LogP contribution in [0.25, 0.3) is 0 Å². The van der Waals surface area contributed by atoms with Crippen molar-refractivity contribution in [2.24, 2.45) is 0 Å². The van der Waals surface area contributed by atoms with Crippen molar-refractivity contribution in [3.63, 3.8) is 0 Å². The van der Waals surface area contributed by atoms with Gasteiger partial charge in [-0.3, -0.25) is 0 Å². The van der Waals surface area contributed by atoms with Crippen LogP contribution >= 0.6 is 0 Å². The van der Waals surface area contributed by atoms with Crippen molar-refractivity contribution in [2.45, 2.75) is 38.6 Å². The predicted octanol–water partition coefficient (Wildman–Crippen LogP) is 0.894.